The summed E-state index contributed by atoms with van der Waals surface area (Å²) >= 11 is -1.81. The van der Waals surface area contributed by atoms with Gasteiger partial charge < -0.3 is 20.4 Å². The molecule has 0 bridgehead atoms. The number of rotatable bonds is 4. The Bertz CT molecular complexity index is 110. The van der Waals surface area contributed by atoms with Crippen molar-refractivity contribution in [3.8, 4) is 0 Å². The average molecular weight is 219 g/mol. The number of aliphatic hydroxyl groups excluding tert-OH is 4. The van der Waals surface area contributed by atoms with Gasteiger partial charge in [-0.1, -0.05) is 0 Å². The van der Waals surface area contributed by atoms with Gasteiger partial charge in [0.25, 0.3) is 0 Å². The molecule has 0 aliphatic heterocycles. The van der Waals surface area contributed by atoms with E-state index in [0.717, 1.165) is 0 Å². The number of aliphatic hydroxyl groups is 4. The predicted molar refractivity (Wildman–Crippen MR) is 32.1 cm³/mol. The standard InChI is InChI=1S/C5H12O4.2O.V/c6-1-5(2-7,3-8)4-9;;;/h6-9H,1-4H2;;;. The zero-order valence-corrected chi connectivity index (χ0v) is 7.78. The Hall–Kier alpha value is 0.0244. The molecule has 0 aliphatic carbocycles. The van der Waals surface area contributed by atoms with Gasteiger partial charge in [0.1, 0.15) is 0 Å². The maximum atomic E-state index is 8.50. The summed E-state index contributed by atoms with van der Waals surface area (Å²) in [4.78, 5) is 0. The zero-order chi connectivity index (χ0) is 10.0. The molecule has 0 rings (SSSR count). The molecule has 0 saturated carbocycles. The van der Waals surface area contributed by atoms with Crippen molar-refractivity contribution in [3.63, 3.8) is 0 Å². The Morgan fingerprint density at radius 3 is 1.00 bits per heavy atom. The molecule has 0 aromatic heterocycles. The summed E-state index contributed by atoms with van der Waals surface area (Å²) < 4.78 is 16.9. The fourth-order valence-corrected chi connectivity index (χ4v) is 0.300. The molecule has 12 heavy (non-hydrogen) atoms. The van der Waals surface area contributed by atoms with Crippen LogP contribution in [0.5, 0.6) is 0 Å². The summed E-state index contributed by atoms with van der Waals surface area (Å²) in [6.07, 6.45) is 0. The van der Waals surface area contributed by atoms with E-state index in [4.69, 9.17) is 27.8 Å². The third kappa shape index (κ3) is 5.65. The first-order chi connectivity index (χ1) is 5.66. The van der Waals surface area contributed by atoms with Gasteiger partial charge in [-0.3, -0.25) is 0 Å². The van der Waals surface area contributed by atoms with E-state index in [9.17, 15) is 0 Å². The second-order valence-corrected chi connectivity index (χ2v) is 2.44. The molecule has 6 nitrogen and oxygen atoms in total. The van der Waals surface area contributed by atoms with E-state index in [1.165, 1.54) is 0 Å². The van der Waals surface area contributed by atoms with Crippen LogP contribution in [-0.2, 0) is 23.5 Å². The van der Waals surface area contributed by atoms with Gasteiger partial charge in [-0.15, -0.1) is 0 Å². The van der Waals surface area contributed by atoms with E-state index in [1.807, 2.05) is 0 Å². The Balaban J connectivity index is 0. The van der Waals surface area contributed by atoms with Crippen LogP contribution in [-0.4, -0.2) is 46.9 Å². The average Bonchev–Trinajstić information content (AvgIpc) is 2.11. The Morgan fingerprint density at radius 2 is 1.00 bits per heavy atom. The van der Waals surface area contributed by atoms with Crippen LogP contribution in [0.4, 0.5) is 0 Å². The summed E-state index contributed by atoms with van der Waals surface area (Å²) in [5, 5.41) is 34.0. The minimum atomic E-state index is -1.81. The van der Waals surface area contributed by atoms with Crippen molar-refractivity contribution >= 4 is 0 Å². The molecule has 0 fully saturated rings. The van der Waals surface area contributed by atoms with Gasteiger partial charge in [0.15, 0.2) is 0 Å². The molecule has 0 aliphatic rings. The normalized spacial score (nSPS) is 9.67. The van der Waals surface area contributed by atoms with Gasteiger partial charge in [0.2, 0.25) is 0 Å². The summed E-state index contributed by atoms with van der Waals surface area (Å²) in [5.41, 5.74) is -1.11. The molecule has 0 spiro atoms. The molecule has 0 amide bonds. The van der Waals surface area contributed by atoms with Crippen molar-refractivity contribution in [3.05, 3.63) is 0 Å². The van der Waals surface area contributed by atoms with Crippen molar-refractivity contribution in [1.82, 2.24) is 0 Å². The molecule has 0 unspecified atom stereocenters. The van der Waals surface area contributed by atoms with Crippen molar-refractivity contribution in [2.24, 2.45) is 5.41 Å². The van der Waals surface area contributed by atoms with E-state index in [0.29, 0.717) is 0 Å². The van der Waals surface area contributed by atoms with Gasteiger partial charge in [-0.25, -0.2) is 0 Å². The van der Waals surface area contributed by atoms with E-state index < -0.39 is 48.0 Å². The maximum absolute atomic E-state index is 8.50. The van der Waals surface area contributed by atoms with Crippen LogP contribution in [0.3, 0.4) is 0 Å². The van der Waals surface area contributed by atoms with Crippen LogP contribution in [0.25, 0.3) is 0 Å². The molecular weight excluding hydrogens is 207 g/mol. The summed E-state index contributed by atoms with van der Waals surface area (Å²) in [5.74, 6) is 0. The number of hydrogen-bond donors (Lipinski definition) is 4. The topological polar surface area (TPSA) is 115 Å². The van der Waals surface area contributed by atoms with E-state index in [1.54, 1.807) is 0 Å². The third-order valence-electron chi connectivity index (χ3n) is 1.34. The molecule has 7 heteroatoms. The second kappa shape index (κ2) is 9.12. The van der Waals surface area contributed by atoms with E-state index >= 15 is 0 Å². The molecule has 0 atom stereocenters. The SMILES string of the molecule is OCC(CO)(CO)CO.[O]=[V]=[O]. The van der Waals surface area contributed by atoms with Gasteiger partial charge in [-0.2, -0.15) is 0 Å². The zero-order valence-electron chi connectivity index (χ0n) is 6.38. The fourth-order valence-electron chi connectivity index (χ4n) is 0.300. The van der Waals surface area contributed by atoms with Gasteiger partial charge in [0.05, 0.1) is 31.8 Å². The van der Waals surface area contributed by atoms with Crippen molar-refractivity contribution in [2.45, 2.75) is 0 Å². The van der Waals surface area contributed by atoms with Gasteiger partial charge in [0, 0.05) is 0 Å². The van der Waals surface area contributed by atoms with Crippen LogP contribution in [0.15, 0.2) is 0 Å². The molecule has 0 heterocycles. The molecule has 4 N–H and O–H groups in total. The molecule has 0 radical (unpaired) electrons. The summed E-state index contributed by atoms with van der Waals surface area (Å²) in [7, 11) is 0. The van der Waals surface area contributed by atoms with Crippen LogP contribution in [0, 0.1) is 5.41 Å². The molecule has 0 saturated heterocycles. The summed E-state index contributed by atoms with van der Waals surface area (Å²) in [6, 6.07) is 0. The molecular formula is C5H12O6V. The number of hydrogen-bond acceptors (Lipinski definition) is 6. The first-order valence-corrected chi connectivity index (χ1v) is 4.18. The van der Waals surface area contributed by atoms with E-state index in [-0.39, 0.29) is 0 Å². The second-order valence-electron chi connectivity index (χ2n) is 2.21. The van der Waals surface area contributed by atoms with Crippen LogP contribution in [0.1, 0.15) is 0 Å². The predicted octanol–water partition coefficient (Wildman–Crippen LogP) is -2.30. The first kappa shape index (κ1) is 14.5. The van der Waals surface area contributed by atoms with E-state index in [2.05, 4.69) is 0 Å². The Morgan fingerprint density at radius 1 is 0.833 bits per heavy atom. The van der Waals surface area contributed by atoms with Crippen molar-refractivity contribution in [1.29, 1.82) is 0 Å². The molecule has 0 aromatic rings. The third-order valence-corrected chi connectivity index (χ3v) is 1.34. The van der Waals surface area contributed by atoms with Crippen LogP contribution in [0.2, 0.25) is 0 Å². The van der Waals surface area contributed by atoms with Crippen molar-refractivity contribution in [2.75, 3.05) is 26.4 Å². The Labute approximate surface area is 76.4 Å². The molecule has 73 valence electrons. The van der Waals surface area contributed by atoms with Crippen LogP contribution < -0.4 is 0 Å². The Kier molecular flexibility index (Phi) is 11.0. The quantitative estimate of drug-likeness (QED) is 0.422. The monoisotopic (exact) mass is 219 g/mol. The van der Waals surface area contributed by atoms with Crippen molar-refractivity contribution < 1.29 is 44.0 Å². The van der Waals surface area contributed by atoms with Gasteiger partial charge in [-0.05, 0) is 0 Å². The first-order valence-electron chi connectivity index (χ1n) is 3.04. The summed E-state index contributed by atoms with van der Waals surface area (Å²) in [6.45, 7) is -1.62. The van der Waals surface area contributed by atoms with Gasteiger partial charge >= 0.3 is 23.5 Å². The minimum absolute atomic E-state index is 0.406. The fraction of sp³-hybridized carbons (Fsp3) is 1.00. The van der Waals surface area contributed by atoms with Crippen LogP contribution >= 0.6 is 0 Å². The molecule has 0 aromatic carbocycles.